The van der Waals surface area contributed by atoms with Gasteiger partial charge in [0.25, 0.3) is 5.91 Å². The average molecular weight is 332 g/mol. The van der Waals surface area contributed by atoms with Crippen LogP contribution in [0, 0.1) is 37.0 Å². The minimum Gasteiger partial charge on any atom is -0.348 e. The van der Waals surface area contributed by atoms with Crippen molar-refractivity contribution in [3.63, 3.8) is 0 Å². The number of carbonyl (C=O) groups is 1. The van der Waals surface area contributed by atoms with Gasteiger partial charge in [-0.1, -0.05) is 6.92 Å². The molecule has 1 aromatic rings. The molecule has 23 heavy (non-hydrogen) atoms. The van der Waals surface area contributed by atoms with E-state index < -0.39 is 0 Å². The Hall–Kier alpha value is -0.830. The van der Waals surface area contributed by atoms with E-state index in [0.29, 0.717) is 11.5 Å². The summed E-state index contributed by atoms with van der Waals surface area (Å²) >= 11 is 1.64. The first-order valence-corrected chi connectivity index (χ1v) is 10.2. The minimum atomic E-state index is 0.161. The van der Waals surface area contributed by atoms with E-state index in [4.69, 9.17) is 0 Å². The topological polar surface area (TPSA) is 29.1 Å². The largest absolute Gasteiger partial charge is 0.348 e. The highest BCUT2D eigenvalue weighted by Crippen LogP contribution is 2.61. The van der Waals surface area contributed by atoms with Crippen LogP contribution in [0.4, 0.5) is 0 Å². The minimum absolute atomic E-state index is 0.161. The van der Waals surface area contributed by atoms with E-state index in [1.807, 2.05) is 0 Å². The molecular formula is C20H29NOS. The average Bonchev–Trinajstić information content (AvgIpc) is 2.82. The highest BCUT2D eigenvalue weighted by Gasteiger charge is 2.54. The molecule has 0 spiro atoms. The van der Waals surface area contributed by atoms with Crippen LogP contribution in [0.15, 0.2) is 6.07 Å². The van der Waals surface area contributed by atoms with E-state index in [2.05, 4.69) is 32.2 Å². The first-order chi connectivity index (χ1) is 11.0. The van der Waals surface area contributed by atoms with Crippen LogP contribution in [0.5, 0.6) is 0 Å². The summed E-state index contributed by atoms with van der Waals surface area (Å²) in [5, 5.41) is 3.45. The van der Waals surface area contributed by atoms with Crippen molar-refractivity contribution in [2.45, 2.75) is 71.8 Å². The van der Waals surface area contributed by atoms with Gasteiger partial charge in [-0.2, -0.15) is 0 Å². The lowest BCUT2D eigenvalue weighted by Crippen LogP contribution is -2.56. The molecule has 1 N–H and O–H groups in total. The molecule has 4 bridgehead atoms. The SMILES string of the molecule is CC[C@H](NC(=O)c1cc(C)c(C)s1)C12CC3CC(CC(C3)C1)C2. The van der Waals surface area contributed by atoms with E-state index in [0.717, 1.165) is 29.1 Å². The van der Waals surface area contributed by atoms with Gasteiger partial charge in [0, 0.05) is 10.9 Å². The normalized spacial score (nSPS) is 36.2. The Bertz CT molecular complexity index is 562. The monoisotopic (exact) mass is 331 g/mol. The van der Waals surface area contributed by atoms with Crippen molar-refractivity contribution in [2.24, 2.45) is 23.2 Å². The predicted octanol–water partition coefficient (Wildman–Crippen LogP) is 5.09. The zero-order chi connectivity index (χ0) is 16.2. The van der Waals surface area contributed by atoms with Crippen molar-refractivity contribution < 1.29 is 4.79 Å². The summed E-state index contributed by atoms with van der Waals surface area (Å²) < 4.78 is 0. The number of hydrogen-bond donors (Lipinski definition) is 1. The van der Waals surface area contributed by atoms with Crippen molar-refractivity contribution in [2.75, 3.05) is 0 Å². The molecule has 4 aliphatic carbocycles. The number of nitrogens with one attached hydrogen (secondary N) is 1. The summed E-state index contributed by atoms with van der Waals surface area (Å²) in [6.45, 7) is 6.46. The fourth-order valence-corrected chi connectivity index (χ4v) is 7.14. The van der Waals surface area contributed by atoms with Crippen molar-refractivity contribution in [3.05, 3.63) is 21.4 Å². The standard InChI is InChI=1S/C20H29NOS/c1-4-18(21-19(22)17-5-12(2)13(3)23-17)20-9-14-6-15(10-20)8-16(7-14)11-20/h5,14-16,18H,4,6-11H2,1-3H3,(H,21,22)/t14?,15?,16?,18-,20?/m0/s1. The van der Waals surface area contributed by atoms with Gasteiger partial charge in [0.1, 0.15) is 0 Å². The Morgan fingerprint density at radius 3 is 2.22 bits per heavy atom. The molecule has 3 heteroatoms. The van der Waals surface area contributed by atoms with Crippen LogP contribution in [0.25, 0.3) is 0 Å². The number of thiophene rings is 1. The van der Waals surface area contributed by atoms with Gasteiger partial charge in [0.15, 0.2) is 0 Å². The maximum Gasteiger partial charge on any atom is 0.261 e. The first-order valence-electron chi connectivity index (χ1n) is 9.37. The Balaban J connectivity index is 1.53. The molecule has 0 saturated heterocycles. The molecule has 0 aromatic carbocycles. The van der Waals surface area contributed by atoms with Gasteiger partial charge in [0.05, 0.1) is 4.88 Å². The highest BCUT2D eigenvalue weighted by molar-refractivity contribution is 7.14. The van der Waals surface area contributed by atoms with E-state index in [-0.39, 0.29) is 5.91 Å². The smallest absolute Gasteiger partial charge is 0.261 e. The third-order valence-corrected chi connectivity index (χ3v) is 8.08. The van der Waals surface area contributed by atoms with Gasteiger partial charge in [-0.05, 0) is 93.6 Å². The summed E-state index contributed by atoms with van der Waals surface area (Å²) in [5.74, 6) is 2.99. The van der Waals surface area contributed by atoms with Crippen molar-refractivity contribution in [1.29, 1.82) is 0 Å². The zero-order valence-electron chi connectivity index (χ0n) is 14.7. The van der Waals surface area contributed by atoms with Gasteiger partial charge < -0.3 is 5.32 Å². The maximum atomic E-state index is 12.8. The Morgan fingerprint density at radius 2 is 1.78 bits per heavy atom. The van der Waals surface area contributed by atoms with Crippen LogP contribution in [0.3, 0.4) is 0 Å². The number of aryl methyl sites for hydroxylation is 2. The molecular weight excluding hydrogens is 302 g/mol. The Kier molecular flexibility index (Phi) is 3.83. The summed E-state index contributed by atoms with van der Waals surface area (Å²) in [7, 11) is 0. The first kappa shape index (κ1) is 15.7. The van der Waals surface area contributed by atoms with Crippen LogP contribution >= 0.6 is 11.3 Å². The summed E-state index contributed by atoms with van der Waals surface area (Å²) in [4.78, 5) is 14.9. The van der Waals surface area contributed by atoms with Gasteiger partial charge >= 0.3 is 0 Å². The molecule has 0 aliphatic heterocycles. The van der Waals surface area contributed by atoms with Crippen LogP contribution in [-0.2, 0) is 0 Å². The maximum absolute atomic E-state index is 12.8. The summed E-state index contributed by atoms with van der Waals surface area (Å²) in [6, 6.07) is 2.42. The van der Waals surface area contributed by atoms with E-state index >= 15 is 0 Å². The quantitative estimate of drug-likeness (QED) is 0.818. The molecule has 4 aliphatic rings. The second kappa shape index (κ2) is 5.61. The van der Waals surface area contributed by atoms with E-state index in [1.165, 1.54) is 49.0 Å². The van der Waals surface area contributed by atoms with Crippen LogP contribution in [-0.4, -0.2) is 11.9 Å². The lowest BCUT2D eigenvalue weighted by molar-refractivity contribution is -0.0727. The van der Waals surface area contributed by atoms with Crippen LogP contribution < -0.4 is 5.32 Å². The molecule has 4 fully saturated rings. The molecule has 1 aromatic heterocycles. The lowest BCUT2D eigenvalue weighted by Gasteiger charge is -2.59. The third-order valence-electron chi connectivity index (χ3n) is 6.93. The number of hydrogen-bond acceptors (Lipinski definition) is 2. The van der Waals surface area contributed by atoms with Gasteiger partial charge in [-0.3, -0.25) is 4.79 Å². The second-order valence-corrected chi connectivity index (χ2v) is 9.82. The molecule has 1 amide bonds. The van der Waals surface area contributed by atoms with Gasteiger partial charge in [0.2, 0.25) is 0 Å². The molecule has 0 unspecified atom stereocenters. The van der Waals surface area contributed by atoms with Crippen molar-refractivity contribution in [3.8, 4) is 0 Å². The summed E-state index contributed by atoms with van der Waals surface area (Å²) in [5.41, 5.74) is 1.64. The molecule has 4 saturated carbocycles. The van der Waals surface area contributed by atoms with Crippen LogP contribution in [0.2, 0.25) is 0 Å². The third kappa shape index (κ3) is 2.65. The second-order valence-electron chi connectivity index (χ2n) is 8.56. The lowest BCUT2D eigenvalue weighted by atomic mass is 9.47. The van der Waals surface area contributed by atoms with E-state index in [9.17, 15) is 4.79 Å². The zero-order valence-corrected chi connectivity index (χ0v) is 15.5. The Labute approximate surface area is 144 Å². The molecule has 5 rings (SSSR count). The predicted molar refractivity (Wildman–Crippen MR) is 95.9 cm³/mol. The molecule has 126 valence electrons. The van der Waals surface area contributed by atoms with Crippen molar-refractivity contribution >= 4 is 17.2 Å². The number of amides is 1. The summed E-state index contributed by atoms with van der Waals surface area (Å²) in [6.07, 6.45) is 9.55. The fraction of sp³-hybridized carbons (Fsp3) is 0.750. The van der Waals surface area contributed by atoms with E-state index in [1.54, 1.807) is 11.3 Å². The highest BCUT2D eigenvalue weighted by atomic mass is 32.1. The fourth-order valence-electron chi connectivity index (χ4n) is 6.21. The molecule has 2 nitrogen and oxygen atoms in total. The number of carbonyl (C=O) groups excluding carboxylic acids is 1. The Morgan fingerprint density at radius 1 is 1.22 bits per heavy atom. The molecule has 0 radical (unpaired) electrons. The van der Waals surface area contributed by atoms with Gasteiger partial charge in [-0.25, -0.2) is 0 Å². The van der Waals surface area contributed by atoms with Crippen LogP contribution in [0.1, 0.15) is 72.0 Å². The van der Waals surface area contributed by atoms with Gasteiger partial charge in [-0.15, -0.1) is 11.3 Å². The number of rotatable bonds is 4. The van der Waals surface area contributed by atoms with Crippen molar-refractivity contribution in [1.82, 2.24) is 5.32 Å². The molecule has 1 atom stereocenters. The molecule has 1 heterocycles.